The lowest BCUT2D eigenvalue weighted by molar-refractivity contribution is 0.0914. The van der Waals surface area contributed by atoms with Crippen LogP contribution < -0.4 is 44.0 Å². The standard InChI is InChI=1S/C33H42ClN7O8/c1-20-27(48-31(43)46-20)16-37-15-22-6-11-26(25(34)14-22)45-13-5-12-41(17-28-21(2)47-32(44)49-28)19-33(3,4)18-38-29(42)23-7-9-24(10-8-23)39-30(35)40-36/h6-11,14,37H,5,12-13,15-19,36H2,1-4H3,(H,38,42)(H3,35,39,40). The summed E-state index contributed by atoms with van der Waals surface area (Å²) < 4.78 is 26.2. The van der Waals surface area contributed by atoms with Crippen LogP contribution in [0.5, 0.6) is 5.75 Å². The first-order valence-electron chi connectivity index (χ1n) is 15.5. The molecule has 4 aromatic rings. The number of carbonyl (C=O) groups is 1. The molecule has 0 aliphatic rings. The van der Waals surface area contributed by atoms with Gasteiger partial charge >= 0.3 is 11.6 Å². The Morgan fingerprint density at radius 1 is 0.980 bits per heavy atom. The maximum Gasteiger partial charge on any atom is 0.519 e. The Labute approximate surface area is 287 Å². The third-order valence-electron chi connectivity index (χ3n) is 7.43. The fraction of sp³-hybridized carbons (Fsp3) is 0.394. The minimum Gasteiger partial charge on any atom is -0.492 e. The lowest BCUT2D eigenvalue weighted by Crippen LogP contribution is -2.42. The van der Waals surface area contributed by atoms with Gasteiger partial charge in [0.1, 0.15) is 17.3 Å². The number of rotatable bonds is 17. The van der Waals surface area contributed by atoms with Crippen LogP contribution >= 0.6 is 11.6 Å². The summed E-state index contributed by atoms with van der Waals surface area (Å²) in [6.07, 6.45) is 0.636. The topological polar surface area (TPSA) is 217 Å². The van der Waals surface area contributed by atoms with Crippen molar-refractivity contribution < 1.29 is 27.2 Å². The molecule has 0 atom stereocenters. The third kappa shape index (κ3) is 11.4. The minimum atomic E-state index is -0.752. The van der Waals surface area contributed by atoms with Crippen molar-refractivity contribution in [1.29, 1.82) is 0 Å². The van der Waals surface area contributed by atoms with Gasteiger partial charge in [-0.3, -0.25) is 15.1 Å². The minimum absolute atomic E-state index is 0.0547. The van der Waals surface area contributed by atoms with E-state index in [1.165, 1.54) is 0 Å². The Hall–Kier alpha value is -4.83. The highest BCUT2D eigenvalue weighted by atomic mass is 35.5. The number of aliphatic imine (C=N–C) groups is 1. The number of halogens is 1. The van der Waals surface area contributed by atoms with Gasteiger partial charge in [-0.2, -0.15) is 0 Å². The van der Waals surface area contributed by atoms with Gasteiger partial charge in [0, 0.05) is 31.7 Å². The lowest BCUT2D eigenvalue weighted by atomic mass is 9.92. The molecule has 2 aromatic carbocycles. The molecule has 0 aliphatic carbocycles. The van der Waals surface area contributed by atoms with Gasteiger partial charge in [0.2, 0.25) is 5.96 Å². The molecule has 0 saturated carbocycles. The average molecular weight is 700 g/mol. The average Bonchev–Trinajstić information content (AvgIpc) is 3.55. The first-order valence-corrected chi connectivity index (χ1v) is 15.9. The molecule has 0 bridgehead atoms. The number of nitrogens with two attached hydrogens (primary N) is 2. The van der Waals surface area contributed by atoms with E-state index in [4.69, 9.17) is 45.6 Å². The molecular weight excluding hydrogens is 658 g/mol. The zero-order valence-corrected chi connectivity index (χ0v) is 28.6. The number of amides is 1. The summed E-state index contributed by atoms with van der Waals surface area (Å²) in [4.78, 5) is 42.0. The van der Waals surface area contributed by atoms with Crippen LogP contribution in [0.2, 0.25) is 5.02 Å². The number of aryl methyl sites for hydroxylation is 2. The fourth-order valence-electron chi connectivity index (χ4n) is 4.98. The van der Waals surface area contributed by atoms with Crippen LogP contribution in [0.3, 0.4) is 0 Å². The summed E-state index contributed by atoms with van der Waals surface area (Å²) in [6.45, 7) is 10.5. The number of ether oxygens (including phenoxy) is 1. The van der Waals surface area contributed by atoms with E-state index < -0.39 is 11.6 Å². The number of guanidine groups is 1. The normalized spacial score (nSPS) is 12.0. The first kappa shape index (κ1) is 37.0. The highest BCUT2D eigenvalue weighted by Crippen LogP contribution is 2.26. The Bertz CT molecular complexity index is 1840. The zero-order chi connectivity index (χ0) is 35.6. The lowest BCUT2D eigenvalue weighted by Gasteiger charge is -2.32. The molecule has 49 heavy (non-hydrogen) atoms. The molecule has 1 amide bonds. The summed E-state index contributed by atoms with van der Waals surface area (Å²) in [5.41, 5.74) is 9.42. The third-order valence-corrected chi connectivity index (χ3v) is 7.73. The van der Waals surface area contributed by atoms with Crippen molar-refractivity contribution in [3.63, 3.8) is 0 Å². The SMILES string of the molecule is Cc1oc(=O)oc1CNCc1ccc(OCCCN(Cc2oc(=O)oc2C)CC(C)(C)CNC(=O)c2ccc(N=C(N)NN)cc2)c(Cl)c1. The zero-order valence-electron chi connectivity index (χ0n) is 27.9. The summed E-state index contributed by atoms with van der Waals surface area (Å²) >= 11 is 6.51. The van der Waals surface area contributed by atoms with Gasteiger partial charge in [-0.05, 0) is 67.6 Å². The van der Waals surface area contributed by atoms with Gasteiger partial charge in [0.15, 0.2) is 11.5 Å². The molecule has 4 rings (SSSR count). The van der Waals surface area contributed by atoms with Gasteiger partial charge in [-0.1, -0.05) is 31.5 Å². The van der Waals surface area contributed by atoms with Crippen LogP contribution in [0.4, 0.5) is 5.69 Å². The second-order valence-electron chi connectivity index (χ2n) is 12.2. The summed E-state index contributed by atoms with van der Waals surface area (Å²) in [5, 5.41) is 6.66. The quantitative estimate of drug-likeness (QED) is 0.0351. The van der Waals surface area contributed by atoms with Crippen molar-refractivity contribution in [2.24, 2.45) is 22.0 Å². The summed E-state index contributed by atoms with van der Waals surface area (Å²) in [7, 11) is 0. The molecule has 16 heteroatoms. The van der Waals surface area contributed by atoms with Gasteiger partial charge in [-0.25, -0.2) is 20.4 Å². The molecule has 0 radical (unpaired) electrons. The van der Waals surface area contributed by atoms with Gasteiger partial charge in [0.05, 0.1) is 30.4 Å². The van der Waals surface area contributed by atoms with E-state index >= 15 is 0 Å². The maximum atomic E-state index is 12.9. The van der Waals surface area contributed by atoms with Crippen molar-refractivity contribution in [3.8, 4) is 5.75 Å². The van der Waals surface area contributed by atoms with Crippen LogP contribution in [-0.4, -0.2) is 43.0 Å². The molecule has 2 heterocycles. The number of nitrogens with one attached hydrogen (secondary N) is 3. The predicted octanol–water partition coefficient (Wildman–Crippen LogP) is 3.48. The number of nitrogens with zero attached hydrogens (tertiary/aromatic N) is 2. The van der Waals surface area contributed by atoms with Gasteiger partial charge in [-0.15, -0.1) is 0 Å². The van der Waals surface area contributed by atoms with E-state index in [0.717, 1.165) is 5.56 Å². The Morgan fingerprint density at radius 2 is 1.65 bits per heavy atom. The van der Waals surface area contributed by atoms with Gasteiger partial charge < -0.3 is 38.8 Å². The van der Waals surface area contributed by atoms with Crippen LogP contribution in [0.1, 0.15) is 59.2 Å². The molecule has 0 spiro atoms. The molecule has 264 valence electrons. The highest BCUT2D eigenvalue weighted by Gasteiger charge is 2.25. The molecule has 2 aromatic heterocycles. The van der Waals surface area contributed by atoms with Crippen molar-refractivity contribution in [1.82, 2.24) is 21.0 Å². The van der Waals surface area contributed by atoms with Crippen LogP contribution in [0, 0.1) is 19.3 Å². The second kappa shape index (κ2) is 17.0. The number of carbonyl (C=O) groups excluding carboxylic acids is 1. The van der Waals surface area contributed by atoms with Crippen molar-refractivity contribution in [2.75, 3.05) is 26.2 Å². The van der Waals surface area contributed by atoms with Crippen LogP contribution in [0.25, 0.3) is 0 Å². The van der Waals surface area contributed by atoms with Crippen LogP contribution in [0.15, 0.2) is 74.7 Å². The number of benzene rings is 2. The molecule has 15 nitrogen and oxygen atoms in total. The Morgan fingerprint density at radius 3 is 2.27 bits per heavy atom. The summed E-state index contributed by atoms with van der Waals surface area (Å²) in [6, 6.07) is 12.2. The predicted molar refractivity (Wildman–Crippen MR) is 183 cm³/mol. The molecular formula is C33H42ClN7O8. The maximum absolute atomic E-state index is 12.9. The molecule has 7 N–H and O–H groups in total. The second-order valence-corrected chi connectivity index (χ2v) is 12.6. The molecule has 0 fully saturated rings. The smallest absolute Gasteiger partial charge is 0.492 e. The molecule has 0 unspecified atom stereocenters. The van der Waals surface area contributed by atoms with Crippen molar-refractivity contribution in [2.45, 2.75) is 53.8 Å². The highest BCUT2D eigenvalue weighted by molar-refractivity contribution is 6.32. The van der Waals surface area contributed by atoms with E-state index in [1.54, 1.807) is 38.1 Å². The van der Waals surface area contributed by atoms with Gasteiger partial charge in [0.25, 0.3) is 5.91 Å². The Balaban J connectivity index is 1.30. The summed E-state index contributed by atoms with van der Waals surface area (Å²) in [5.74, 6) is 5.88. The number of hydrogen-bond acceptors (Lipinski definition) is 12. The van der Waals surface area contributed by atoms with E-state index in [0.29, 0.717) is 97.4 Å². The van der Waals surface area contributed by atoms with Crippen molar-refractivity contribution in [3.05, 3.63) is 103 Å². The van der Waals surface area contributed by atoms with E-state index in [1.807, 2.05) is 32.0 Å². The van der Waals surface area contributed by atoms with Crippen molar-refractivity contribution >= 4 is 29.2 Å². The van der Waals surface area contributed by atoms with E-state index in [2.05, 4.69) is 26.0 Å². The van der Waals surface area contributed by atoms with E-state index in [9.17, 15) is 14.4 Å². The number of hydrogen-bond donors (Lipinski definition) is 5. The first-order chi connectivity index (χ1) is 23.3. The fourth-order valence-corrected chi connectivity index (χ4v) is 5.23. The molecule has 0 aliphatic heterocycles. The Kier molecular flexibility index (Phi) is 12.8. The van der Waals surface area contributed by atoms with E-state index in [-0.39, 0.29) is 17.3 Å². The largest absolute Gasteiger partial charge is 0.519 e. The molecule has 0 saturated heterocycles. The monoisotopic (exact) mass is 699 g/mol. The van der Waals surface area contributed by atoms with Crippen LogP contribution in [-0.2, 0) is 19.6 Å². The number of hydrazine groups is 1.